The van der Waals surface area contributed by atoms with Gasteiger partial charge in [-0.1, -0.05) is 42.3 Å². The maximum atomic E-state index is 12.9. The average Bonchev–Trinajstić information content (AvgIpc) is 2.74. The van der Waals surface area contributed by atoms with E-state index in [2.05, 4.69) is 27.2 Å². The van der Waals surface area contributed by atoms with Gasteiger partial charge in [-0.05, 0) is 45.0 Å². The lowest BCUT2D eigenvalue weighted by molar-refractivity contribution is 0.145. The number of aromatic nitrogens is 2. The molecule has 2 aromatic rings. The van der Waals surface area contributed by atoms with Gasteiger partial charge in [-0.25, -0.2) is 4.79 Å². The van der Waals surface area contributed by atoms with Crippen molar-refractivity contribution in [2.45, 2.75) is 38.3 Å². The molecule has 2 amide bonds. The van der Waals surface area contributed by atoms with Crippen molar-refractivity contribution < 1.29 is 4.79 Å². The highest BCUT2D eigenvalue weighted by Gasteiger charge is 2.26. The van der Waals surface area contributed by atoms with Gasteiger partial charge in [0.05, 0.1) is 28.0 Å². The van der Waals surface area contributed by atoms with E-state index in [9.17, 15) is 4.79 Å². The molecule has 3 rings (SSSR count). The third kappa shape index (κ3) is 5.00. The van der Waals surface area contributed by atoms with Crippen LogP contribution in [-0.2, 0) is 0 Å². The predicted octanol–water partition coefficient (Wildman–Crippen LogP) is 4.64. The van der Waals surface area contributed by atoms with Crippen LogP contribution >= 0.6 is 23.2 Å². The van der Waals surface area contributed by atoms with Crippen molar-refractivity contribution in [2.75, 3.05) is 27.2 Å². The van der Waals surface area contributed by atoms with Gasteiger partial charge in [-0.15, -0.1) is 0 Å². The Hall–Kier alpha value is -1.89. The van der Waals surface area contributed by atoms with Crippen LogP contribution in [0.15, 0.2) is 30.7 Å². The van der Waals surface area contributed by atoms with Crippen LogP contribution in [0.5, 0.6) is 0 Å². The fourth-order valence-electron chi connectivity index (χ4n) is 3.67. The SMILES string of the molecule is CC[C@@H](NC(=O)N(C)C1CCN(C)CC1)c1ccc(-c2cnccn2)c(Cl)c1Cl. The molecule has 1 aromatic carbocycles. The van der Waals surface area contributed by atoms with Crippen molar-refractivity contribution in [1.82, 2.24) is 25.1 Å². The van der Waals surface area contributed by atoms with Crippen LogP contribution in [-0.4, -0.2) is 59.0 Å². The minimum absolute atomic E-state index is 0.0865. The number of hydrogen-bond donors (Lipinski definition) is 1. The summed E-state index contributed by atoms with van der Waals surface area (Å²) >= 11 is 13.1. The van der Waals surface area contributed by atoms with Gasteiger partial charge in [-0.2, -0.15) is 0 Å². The second kappa shape index (κ2) is 9.74. The lowest BCUT2D eigenvalue weighted by Gasteiger charge is -2.36. The summed E-state index contributed by atoms with van der Waals surface area (Å²) < 4.78 is 0. The summed E-state index contributed by atoms with van der Waals surface area (Å²) in [6.07, 6.45) is 7.53. The summed E-state index contributed by atoms with van der Waals surface area (Å²) in [6, 6.07) is 3.72. The molecule has 29 heavy (non-hydrogen) atoms. The van der Waals surface area contributed by atoms with Crippen LogP contribution in [0.4, 0.5) is 4.79 Å². The minimum atomic E-state index is -0.225. The van der Waals surface area contributed by atoms with E-state index in [4.69, 9.17) is 23.2 Å². The van der Waals surface area contributed by atoms with Crippen LogP contribution < -0.4 is 5.32 Å². The Bertz CT molecular complexity index is 840. The highest BCUT2D eigenvalue weighted by atomic mass is 35.5. The number of urea groups is 1. The zero-order valence-corrected chi connectivity index (χ0v) is 18.5. The quantitative estimate of drug-likeness (QED) is 0.742. The monoisotopic (exact) mass is 435 g/mol. The molecule has 8 heteroatoms. The molecule has 1 atom stereocenters. The van der Waals surface area contributed by atoms with Gasteiger partial charge in [0.1, 0.15) is 0 Å². The number of benzene rings is 1. The maximum absolute atomic E-state index is 12.9. The molecule has 0 radical (unpaired) electrons. The zero-order valence-electron chi connectivity index (χ0n) is 17.0. The molecule has 0 aliphatic carbocycles. The van der Waals surface area contributed by atoms with E-state index in [0.717, 1.165) is 37.1 Å². The van der Waals surface area contributed by atoms with Crippen LogP contribution in [0.3, 0.4) is 0 Å². The number of carbonyl (C=O) groups is 1. The van der Waals surface area contributed by atoms with E-state index < -0.39 is 0 Å². The number of hydrogen-bond acceptors (Lipinski definition) is 4. The van der Waals surface area contributed by atoms with Gasteiger partial charge in [0.2, 0.25) is 0 Å². The van der Waals surface area contributed by atoms with Crippen LogP contribution in [0.2, 0.25) is 10.0 Å². The summed E-state index contributed by atoms with van der Waals surface area (Å²) in [7, 11) is 3.98. The van der Waals surface area contributed by atoms with Crippen LogP contribution in [0.1, 0.15) is 37.8 Å². The standard InChI is InChI=1S/C21H27Cl2N5O/c1-4-17(26-21(29)28(3)14-7-11-27(2)12-8-14)15-5-6-16(20(23)19(15)22)18-13-24-9-10-25-18/h5-6,9-10,13-14,17H,4,7-8,11-12H2,1-3H3,(H,26,29)/t17-/m1/s1. The number of amides is 2. The summed E-state index contributed by atoms with van der Waals surface area (Å²) in [5.41, 5.74) is 2.18. The van der Waals surface area contributed by atoms with E-state index in [1.54, 1.807) is 18.6 Å². The Morgan fingerprint density at radius 3 is 2.62 bits per heavy atom. The molecule has 0 spiro atoms. The lowest BCUT2D eigenvalue weighted by Crippen LogP contribution is -2.48. The first kappa shape index (κ1) is 21.8. The zero-order chi connectivity index (χ0) is 21.0. The van der Waals surface area contributed by atoms with E-state index in [0.29, 0.717) is 22.2 Å². The number of piperidine rings is 1. The summed E-state index contributed by atoms with van der Waals surface area (Å²) in [5, 5.41) is 3.97. The highest BCUT2D eigenvalue weighted by Crippen LogP contribution is 2.38. The molecular formula is C21H27Cl2N5O. The lowest BCUT2D eigenvalue weighted by atomic mass is 10.0. The first-order valence-electron chi connectivity index (χ1n) is 9.88. The molecule has 156 valence electrons. The number of carbonyl (C=O) groups excluding carboxylic acids is 1. The number of rotatable bonds is 5. The first-order valence-corrected chi connectivity index (χ1v) is 10.6. The van der Waals surface area contributed by atoms with E-state index in [1.165, 1.54) is 0 Å². The largest absolute Gasteiger partial charge is 0.331 e. The molecule has 1 fully saturated rings. The highest BCUT2D eigenvalue weighted by molar-refractivity contribution is 6.44. The molecule has 1 aliphatic heterocycles. The molecule has 0 saturated carbocycles. The Kier molecular flexibility index (Phi) is 7.33. The number of nitrogens with one attached hydrogen (secondary N) is 1. The Morgan fingerprint density at radius 2 is 2.00 bits per heavy atom. The van der Waals surface area contributed by atoms with Gasteiger partial charge in [0, 0.05) is 31.0 Å². The molecule has 1 aromatic heterocycles. The maximum Gasteiger partial charge on any atom is 0.317 e. The second-order valence-electron chi connectivity index (χ2n) is 7.48. The predicted molar refractivity (Wildman–Crippen MR) is 117 cm³/mol. The number of likely N-dealkylation sites (tertiary alicyclic amines) is 1. The Morgan fingerprint density at radius 1 is 1.28 bits per heavy atom. The molecule has 2 heterocycles. The van der Waals surface area contributed by atoms with E-state index in [-0.39, 0.29) is 18.1 Å². The summed E-state index contributed by atoms with van der Waals surface area (Å²) in [4.78, 5) is 25.3. The van der Waals surface area contributed by atoms with E-state index in [1.807, 2.05) is 31.0 Å². The van der Waals surface area contributed by atoms with Crippen LogP contribution in [0, 0.1) is 0 Å². The fraction of sp³-hybridized carbons (Fsp3) is 0.476. The smallest absolute Gasteiger partial charge is 0.317 e. The molecule has 0 bridgehead atoms. The Labute approximate surface area is 182 Å². The van der Waals surface area contributed by atoms with Gasteiger partial charge < -0.3 is 15.1 Å². The van der Waals surface area contributed by atoms with Crippen LogP contribution in [0.25, 0.3) is 11.3 Å². The second-order valence-corrected chi connectivity index (χ2v) is 8.23. The van der Waals surface area contributed by atoms with Crippen molar-refractivity contribution in [3.05, 3.63) is 46.3 Å². The topological polar surface area (TPSA) is 61.4 Å². The summed E-state index contributed by atoms with van der Waals surface area (Å²) in [5.74, 6) is 0. The van der Waals surface area contributed by atoms with Crippen molar-refractivity contribution in [2.24, 2.45) is 0 Å². The Balaban J connectivity index is 1.76. The van der Waals surface area contributed by atoms with Gasteiger partial charge in [0.25, 0.3) is 0 Å². The molecule has 1 saturated heterocycles. The minimum Gasteiger partial charge on any atom is -0.331 e. The fourth-order valence-corrected chi connectivity index (χ4v) is 4.23. The van der Waals surface area contributed by atoms with Gasteiger partial charge in [-0.3, -0.25) is 9.97 Å². The molecule has 0 unspecified atom stereocenters. The van der Waals surface area contributed by atoms with Crippen molar-refractivity contribution in [3.63, 3.8) is 0 Å². The molecule has 1 N–H and O–H groups in total. The van der Waals surface area contributed by atoms with E-state index >= 15 is 0 Å². The number of halogens is 2. The number of nitrogens with zero attached hydrogens (tertiary/aromatic N) is 4. The first-order chi connectivity index (χ1) is 13.9. The van der Waals surface area contributed by atoms with Crippen molar-refractivity contribution in [3.8, 4) is 11.3 Å². The molecular weight excluding hydrogens is 409 g/mol. The van der Waals surface area contributed by atoms with Crippen molar-refractivity contribution in [1.29, 1.82) is 0 Å². The summed E-state index contributed by atoms with van der Waals surface area (Å²) in [6.45, 7) is 4.02. The normalized spacial score (nSPS) is 16.4. The molecule has 6 nitrogen and oxygen atoms in total. The third-order valence-electron chi connectivity index (χ3n) is 5.59. The molecule has 1 aliphatic rings. The van der Waals surface area contributed by atoms with Gasteiger partial charge >= 0.3 is 6.03 Å². The average molecular weight is 436 g/mol. The van der Waals surface area contributed by atoms with Gasteiger partial charge in [0.15, 0.2) is 0 Å². The van der Waals surface area contributed by atoms with Crippen molar-refractivity contribution >= 4 is 29.2 Å². The third-order valence-corrected chi connectivity index (χ3v) is 6.49.